The number of amides is 2. The van der Waals surface area contributed by atoms with Crippen LogP contribution in [-0.4, -0.2) is 53.9 Å². The number of fused-ring (bicyclic) bond motifs is 1. The summed E-state index contributed by atoms with van der Waals surface area (Å²) >= 11 is 0. The molecule has 2 aromatic rings. The van der Waals surface area contributed by atoms with E-state index in [1.54, 1.807) is 24.3 Å². The lowest BCUT2D eigenvalue weighted by Gasteiger charge is -2.27. The number of cyclic esters (lactones) is 1. The lowest BCUT2D eigenvalue weighted by molar-refractivity contribution is 0.0996. The molecule has 0 radical (unpaired) electrons. The van der Waals surface area contributed by atoms with Gasteiger partial charge in [0.15, 0.2) is 0 Å². The second kappa shape index (κ2) is 8.70. The number of carbonyl (C=O) groups excluding carboxylic acids is 2. The van der Waals surface area contributed by atoms with Crippen LogP contribution in [0.1, 0.15) is 42.4 Å². The van der Waals surface area contributed by atoms with Crippen LogP contribution in [0, 0.1) is 0 Å². The Morgan fingerprint density at radius 2 is 2.03 bits per heavy atom. The Kier molecular flexibility index (Phi) is 5.96. The molecule has 2 aliphatic rings. The SMILES string of the molecule is CCN(c1cc2c(c(CN)n1)CN(c1cccc(N3C(=O)OC[C@@H]3CF)n1)C2=O)C(C)C. The van der Waals surface area contributed by atoms with Gasteiger partial charge in [-0.3, -0.25) is 14.6 Å². The minimum Gasteiger partial charge on any atom is -0.447 e. The molecule has 2 aliphatic heterocycles. The van der Waals surface area contributed by atoms with Crippen molar-refractivity contribution in [2.75, 3.05) is 34.5 Å². The summed E-state index contributed by atoms with van der Waals surface area (Å²) in [5, 5.41) is 0. The second-order valence-electron chi connectivity index (χ2n) is 8.04. The highest BCUT2D eigenvalue weighted by molar-refractivity contribution is 6.10. The number of hydrogen-bond acceptors (Lipinski definition) is 7. The van der Waals surface area contributed by atoms with Crippen molar-refractivity contribution in [2.45, 2.75) is 45.9 Å². The molecule has 1 atom stereocenters. The van der Waals surface area contributed by atoms with Crippen LogP contribution < -0.4 is 20.4 Å². The van der Waals surface area contributed by atoms with E-state index in [4.69, 9.17) is 15.5 Å². The zero-order valence-electron chi connectivity index (χ0n) is 18.4. The maximum Gasteiger partial charge on any atom is 0.416 e. The van der Waals surface area contributed by atoms with E-state index in [9.17, 15) is 14.0 Å². The van der Waals surface area contributed by atoms with E-state index in [2.05, 4.69) is 23.7 Å². The smallest absolute Gasteiger partial charge is 0.416 e. The standard InChI is InChI=1S/C22H27FN6O3/c1-4-27(13(2)3)20-8-15-16(17(10-24)25-20)11-28(21(15)30)18-6-5-7-19(26-18)29-14(9-23)12-32-22(29)31/h5-8,13-14H,4,9-12,24H2,1-3H3/t14-/m0/s1. The molecule has 2 N–H and O–H groups in total. The van der Waals surface area contributed by atoms with Crippen LogP contribution in [-0.2, 0) is 17.8 Å². The van der Waals surface area contributed by atoms with Gasteiger partial charge in [-0.2, -0.15) is 0 Å². The van der Waals surface area contributed by atoms with Gasteiger partial charge in [0.2, 0.25) is 0 Å². The minimum absolute atomic E-state index is 0.0343. The van der Waals surface area contributed by atoms with Crippen molar-refractivity contribution in [3.8, 4) is 0 Å². The molecule has 2 amide bonds. The summed E-state index contributed by atoms with van der Waals surface area (Å²) in [6, 6.07) is 6.25. The number of ether oxygens (including phenoxy) is 1. The molecule has 1 saturated heterocycles. The number of alkyl halides is 1. The van der Waals surface area contributed by atoms with E-state index in [1.807, 2.05) is 6.92 Å². The monoisotopic (exact) mass is 442 g/mol. The Hall–Kier alpha value is -3.27. The maximum atomic E-state index is 13.3. The summed E-state index contributed by atoms with van der Waals surface area (Å²) in [6.45, 7) is 6.62. The first kappa shape index (κ1) is 21.9. The molecule has 0 unspecified atom stereocenters. The van der Waals surface area contributed by atoms with Crippen molar-refractivity contribution in [3.05, 3.63) is 41.1 Å². The van der Waals surface area contributed by atoms with E-state index >= 15 is 0 Å². The van der Waals surface area contributed by atoms with Crippen molar-refractivity contribution in [1.82, 2.24) is 9.97 Å². The molecule has 4 rings (SSSR count). The number of hydrogen-bond donors (Lipinski definition) is 1. The molecule has 32 heavy (non-hydrogen) atoms. The molecular formula is C22H27FN6O3. The van der Waals surface area contributed by atoms with E-state index in [0.717, 1.165) is 12.1 Å². The summed E-state index contributed by atoms with van der Waals surface area (Å²) < 4.78 is 18.3. The van der Waals surface area contributed by atoms with E-state index in [0.29, 0.717) is 22.9 Å². The Balaban J connectivity index is 1.69. The summed E-state index contributed by atoms with van der Waals surface area (Å²) in [5.74, 6) is 1.10. The number of pyridine rings is 2. The van der Waals surface area contributed by atoms with Crippen LogP contribution in [0.4, 0.5) is 26.6 Å². The van der Waals surface area contributed by atoms with Gasteiger partial charge in [0.25, 0.3) is 5.91 Å². The van der Waals surface area contributed by atoms with Crippen molar-refractivity contribution < 1.29 is 18.7 Å². The molecule has 2 aromatic heterocycles. The van der Waals surface area contributed by atoms with Crippen LogP contribution in [0.25, 0.3) is 0 Å². The Labute approximate surface area is 186 Å². The molecular weight excluding hydrogens is 415 g/mol. The number of nitrogens with two attached hydrogens (primary N) is 1. The lowest BCUT2D eigenvalue weighted by Crippen LogP contribution is -2.36. The number of aromatic nitrogens is 2. The zero-order chi connectivity index (χ0) is 23.0. The van der Waals surface area contributed by atoms with E-state index < -0.39 is 18.8 Å². The fourth-order valence-corrected chi connectivity index (χ4v) is 4.20. The third kappa shape index (κ3) is 3.64. The van der Waals surface area contributed by atoms with Gasteiger partial charge < -0.3 is 15.4 Å². The van der Waals surface area contributed by atoms with Crippen LogP contribution in [0.5, 0.6) is 0 Å². The molecule has 10 heteroatoms. The fraction of sp³-hybridized carbons (Fsp3) is 0.455. The molecule has 170 valence electrons. The topological polar surface area (TPSA) is 105 Å². The average Bonchev–Trinajstić information content (AvgIpc) is 3.33. The lowest BCUT2D eigenvalue weighted by atomic mass is 10.1. The first-order valence-corrected chi connectivity index (χ1v) is 10.7. The fourth-order valence-electron chi connectivity index (χ4n) is 4.20. The van der Waals surface area contributed by atoms with Gasteiger partial charge in [0.05, 0.1) is 17.8 Å². The molecule has 1 fully saturated rings. The molecule has 0 aliphatic carbocycles. The largest absolute Gasteiger partial charge is 0.447 e. The van der Waals surface area contributed by atoms with Crippen molar-refractivity contribution >= 4 is 29.5 Å². The summed E-state index contributed by atoms with van der Waals surface area (Å²) in [7, 11) is 0. The summed E-state index contributed by atoms with van der Waals surface area (Å²) in [5.41, 5.74) is 7.96. The predicted molar refractivity (Wildman–Crippen MR) is 119 cm³/mol. The number of anilines is 3. The van der Waals surface area contributed by atoms with Crippen molar-refractivity contribution in [2.24, 2.45) is 5.73 Å². The number of rotatable bonds is 7. The zero-order valence-corrected chi connectivity index (χ0v) is 18.4. The minimum atomic E-state index is -0.746. The van der Waals surface area contributed by atoms with Gasteiger partial charge >= 0.3 is 6.09 Å². The Morgan fingerprint density at radius 1 is 1.28 bits per heavy atom. The second-order valence-corrected chi connectivity index (χ2v) is 8.04. The maximum absolute atomic E-state index is 13.3. The number of nitrogens with zero attached hydrogens (tertiary/aromatic N) is 5. The molecule has 0 aromatic carbocycles. The first-order valence-electron chi connectivity index (χ1n) is 10.7. The first-order chi connectivity index (χ1) is 15.4. The molecule has 4 heterocycles. The third-order valence-corrected chi connectivity index (χ3v) is 5.82. The van der Waals surface area contributed by atoms with Gasteiger partial charge in [-0.25, -0.2) is 19.2 Å². The summed E-state index contributed by atoms with van der Waals surface area (Å²) in [6.07, 6.45) is -0.652. The quantitative estimate of drug-likeness (QED) is 0.703. The van der Waals surface area contributed by atoms with Crippen LogP contribution in [0.3, 0.4) is 0 Å². The summed E-state index contributed by atoms with van der Waals surface area (Å²) in [4.78, 5) is 39.4. The highest BCUT2D eigenvalue weighted by atomic mass is 19.1. The van der Waals surface area contributed by atoms with E-state index in [1.165, 1.54) is 9.80 Å². The molecule has 0 bridgehead atoms. The highest BCUT2D eigenvalue weighted by Gasteiger charge is 2.37. The van der Waals surface area contributed by atoms with Crippen LogP contribution in [0.15, 0.2) is 24.3 Å². The van der Waals surface area contributed by atoms with Gasteiger partial charge in [-0.15, -0.1) is 0 Å². The third-order valence-electron chi connectivity index (χ3n) is 5.82. The van der Waals surface area contributed by atoms with Crippen LogP contribution in [0.2, 0.25) is 0 Å². The number of halogens is 1. The van der Waals surface area contributed by atoms with E-state index in [-0.39, 0.29) is 37.5 Å². The van der Waals surface area contributed by atoms with Crippen molar-refractivity contribution in [1.29, 1.82) is 0 Å². The Morgan fingerprint density at radius 3 is 2.69 bits per heavy atom. The predicted octanol–water partition coefficient (Wildman–Crippen LogP) is 2.63. The van der Waals surface area contributed by atoms with Crippen LogP contribution >= 0.6 is 0 Å². The molecule has 9 nitrogen and oxygen atoms in total. The van der Waals surface area contributed by atoms with Gasteiger partial charge in [-0.1, -0.05) is 6.07 Å². The Bertz CT molecular complexity index is 1050. The van der Waals surface area contributed by atoms with Crippen molar-refractivity contribution in [3.63, 3.8) is 0 Å². The average molecular weight is 442 g/mol. The van der Waals surface area contributed by atoms with Gasteiger partial charge in [0, 0.05) is 24.7 Å². The van der Waals surface area contributed by atoms with Gasteiger partial charge in [-0.05, 0) is 39.0 Å². The normalized spacial score (nSPS) is 17.9. The highest BCUT2D eigenvalue weighted by Crippen LogP contribution is 2.33. The molecule has 0 saturated carbocycles. The van der Waals surface area contributed by atoms with Gasteiger partial charge in [0.1, 0.15) is 36.8 Å². The molecule has 0 spiro atoms. The number of carbonyl (C=O) groups is 2.